The van der Waals surface area contributed by atoms with E-state index in [4.69, 9.17) is 9.47 Å². The van der Waals surface area contributed by atoms with Crippen LogP contribution in [0.3, 0.4) is 0 Å². The largest absolute Gasteiger partial charge is 0.466 e. The van der Waals surface area contributed by atoms with E-state index in [-0.39, 0.29) is 11.9 Å². The lowest BCUT2D eigenvalue weighted by molar-refractivity contribution is -0.144. The van der Waals surface area contributed by atoms with Crippen molar-refractivity contribution in [2.45, 2.75) is 130 Å². The molecule has 0 radical (unpaired) electrons. The topological polar surface area (TPSA) is 52.6 Å². The van der Waals surface area contributed by atoms with Gasteiger partial charge >= 0.3 is 11.9 Å². The van der Waals surface area contributed by atoms with Crippen LogP contribution in [0.2, 0.25) is 0 Å². The van der Waals surface area contributed by atoms with Crippen LogP contribution < -0.4 is 0 Å². The quantitative estimate of drug-likeness (QED) is 0.178. The highest BCUT2D eigenvalue weighted by Gasteiger charge is 2.02. The van der Waals surface area contributed by atoms with Crippen LogP contribution in [0.25, 0.3) is 0 Å². The Kier molecular flexibility index (Phi) is 27.0. The fraction of sp³-hybridized carbons (Fsp3) is 0.917. The van der Waals surface area contributed by atoms with Crippen molar-refractivity contribution in [1.29, 1.82) is 0 Å². The summed E-state index contributed by atoms with van der Waals surface area (Å²) in [6.45, 7) is 9.78. The molecule has 28 heavy (non-hydrogen) atoms. The van der Waals surface area contributed by atoms with Gasteiger partial charge < -0.3 is 9.47 Å². The molecule has 0 rings (SSSR count). The molecule has 0 bridgehead atoms. The highest BCUT2D eigenvalue weighted by atomic mass is 16.5. The van der Waals surface area contributed by atoms with Crippen LogP contribution in [0.1, 0.15) is 130 Å². The molecule has 0 fully saturated rings. The average Bonchev–Trinajstić information content (AvgIpc) is 2.68. The fourth-order valence-electron chi connectivity index (χ4n) is 2.55. The van der Waals surface area contributed by atoms with Gasteiger partial charge in [-0.2, -0.15) is 0 Å². The Balaban J connectivity index is 0. The van der Waals surface area contributed by atoms with Crippen molar-refractivity contribution in [2.24, 2.45) is 0 Å². The number of ether oxygens (including phenoxy) is 2. The smallest absolute Gasteiger partial charge is 0.305 e. The lowest BCUT2D eigenvalue weighted by Gasteiger charge is -2.03. The van der Waals surface area contributed by atoms with E-state index >= 15 is 0 Å². The molecule has 0 unspecified atom stereocenters. The van der Waals surface area contributed by atoms with Gasteiger partial charge in [-0.1, -0.05) is 91.9 Å². The van der Waals surface area contributed by atoms with Gasteiger partial charge in [0.1, 0.15) is 0 Å². The second-order valence-electron chi connectivity index (χ2n) is 7.48. The molecule has 0 aromatic heterocycles. The molecular weight excluding hydrogens is 352 g/mol. The predicted molar refractivity (Wildman–Crippen MR) is 118 cm³/mol. The first kappa shape index (κ1) is 29.1. The van der Waals surface area contributed by atoms with E-state index in [1.165, 1.54) is 38.5 Å². The molecule has 0 aliphatic rings. The van der Waals surface area contributed by atoms with E-state index < -0.39 is 0 Å². The lowest BCUT2D eigenvalue weighted by atomic mass is 10.1. The van der Waals surface area contributed by atoms with Gasteiger partial charge in [0.25, 0.3) is 0 Å². The minimum Gasteiger partial charge on any atom is -0.466 e. The number of hydrogen-bond donors (Lipinski definition) is 0. The molecule has 0 atom stereocenters. The SMILES string of the molecule is CCCCCCCC(=O)OCCCC.CCCCCCCC(=O)OCCCC. The van der Waals surface area contributed by atoms with Crippen LogP contribution in [0.15, 0.2) is 0 Å². The second kappa shape index (κ2) is 25.9. The van der Waals surface area contributed by atoms with Crippen molar-refractivity contribution < 1.29 is 19.1 Å². The zero-order chi connectivity index (χ0) is 21.3. The van der Waals surface area contributed by atoms with Crippen molar-refractivity contribution in [3.63, 3.8) is 0 Å². The summed E-state index contributed by atoms with van der Waals surface area (Å²) in [6, 6.07) is 0. The van der Waals surface area contributed by atoms with Gasteiger partial charge in [-0.05, 0) is 25.7 Å². The first-order chi connectivity index (χ1) is 13.6. The molecular formula is C24H48O4. The zero-order valence-corrected chi connectivity index (χ0v) is 19.4. The Hall–Kier alpha value is -1.06. The molecule has 0 aliphatic heterocycles. The van der Waals surface area contributed by atoms with Crippen molar-refractivity contribution >= 4 is 11.9 Å². The van der Waals surface area contributed by atoms with Gasteiger partial charge in [0.2, 0.25) is 0 Å². The van der Waals surface area contributed by atoms with Crippen molar-refractivity contribution in [3.05, 3.63) is 0 Å². The van der Waals surface area contributed by atoms with Crippen LogP contribution in [0.4, 0.5) is 0 Å². The summed E-state index contributed by atoms with van der Waals surface area (Å²) in [5.74, 6) is -0.0371. The number of rotatable bonds is 18. The maximum Gasteiger partial charge on any atom is 0.305 e. The van der Waals surface area contributed by atoms with Gasteiger partial charge in [-0.15, -0.1) is 0 Å². The third kappa shape index (κ3) is 27.2. The summed E-state index contributed by atoms with van der Waals surface area (Å²) in [6.07, 6.45) is 17.2. The molecule has 0 saturated heterocycles. The molecule has 168 valence electrons. The Labute approximate surface area is 175 Å². The normalized spacial score (nSPS) is 10.1. The van der Waals surface area contributed by atoms with Gasteiger partial charge in [0, 0.05) is 12.8 Å². The third-order valence-corrected chi connectivity index (χ3v) is 4.49. The predicted octanol–water partition coefficient (Wildman–Crippen LogP) is 7.38. The van der Waals surface area contributed by atoms with Crippen LogP contribution in [0.5, 0.6) is 0 Å². The Morgan fingerprint density at radius 2 is 0.786 bits per heavy atom. The summed E-state index contributed by atoms with van der Waals surface area (Å²) in [4.78, 5) is 22.3. The minimum absolute atomic E-state index is 0.0186. The number of esters is 2. The van der Waals surface area contributed by atoms with Crippen molar-refractivity contribution in [1.82, 2.24) is 0 Å². The summed E-state index contributed by atoms with van der Waals surface area (Å²) in [5, 5.41) is 0. The number of carbonyl (C=O) groups is 2. The van der Waals surface area contributed by atoms with Crippen LogP contribution in [-0.4, -0.2) is 25.2 Å². The van der Waals surface area contributed by atoms with E-state index in [1.807, 2.05) is 0 Å². The summed E-state index contributed by atoms with van der Waals surface area (Å²) >= 11 is 0. The Morgan fingerprint density at radius 1 is 0.464 bits per heavy atom. The van der Waals surface area contributed by atoms with Crippen LogP contribution in [0, 0.1) is 0 Å². The molecule has 0 aliphatic carbocycles. The first-order valence-corrected chi connectivity index (χ1v) is 11.9. The molecule has 0 spiro atoms. The van der Waals surface area contributed by atoms with Crippen LogP contribution in [-0.2, 0) is 19.1 Å². The second-order valence-corrected chi connectivity index (χ2v) is 7.48. The highest BCUT2D eigenvalue weighted by Crippen LogP contribution is 2.06. The first-order valence-electron chi connectivity index (χ1n) is 11.9. The maximum absolute atomic E-state index is 11.1. The van der Waals surface area contributed by atoms with Crippen molar-refractivity contribution in [3.8, 4) is 0 Å². The van der Waals surface area contributed by atoms with Gasteiger partial charge in [0.05, 0.1) is 13.2 Å². The molecule has 0 aromatic rings. The molecule has 0 aromatic carbocycles. The van der Waals surface area contributed by atoms with E-state index in [1.54, 1.807) is 0 Å². The number of unbranched alkanes of at least 4 members (excludes halogenated alkanes) is 10. The molecule has 0 N–H and O–H groups in total. The standard InChI is InChI=1S/2C12H24O2/c2*1-3-5-7-8-9-10-12(13)14-11-6-4-2/h2*3-11H2,1-2H3. The minimum atomic E-state index is -0.0186. The van der Waals surface area contributed by atoms with Crippen molar-refractivity contribution in [2.75, 3.05) is 13.2 Å². The lowest BCUT2D eigenvalue weighted by Crippen LogP contribution is -2.05. The van der Waals surface area contributed by atoms with E-state index in [9.17, 15) is 9.59 Å². The van der Waals surface area contributed by atoms with Gasteiger partial charge in [-0.3, -0.25) is 9.59 Å². The molecule has 4 nitrogen and oxygen atoms in total. The van der Waals surface area contributed by atoms with Crippen LogP contribution >= 0.6 is 0 Å². The van der Waals surface area contributed by atoms with E-state index in [0.29, 0.717) is 26.1 Å². The molecule has 0 saturated carbocycles. The maximum atomic E-state index is 11.1. The number of hydrogen-bond acceptors (Lipinski definition) is 4. The van der Waals surface area contributed by atoms with Gasteiger partial charge in [0.15, 0.2) is 0 Å². The molecule has 4 heteroatoms. The number of carbonyl (C=O) groups excluding carboxylic acids is 2. The average molecular weight is 401 g/mol. The molecule has 0 amide bonds. The summed E-state index contributed by atoms with van der Waals surface area (Å²) in [5.41, 5.74) is 0. The summed E-state index contributed by atoms with van der Waals surface area (Å²) < 4.78 is 10.1. The monoisotopic (exact) mass is 400 g/mol. The summed E-state index contributed by atoms with van der Waals surface area (Å²) in [7, 11) is 0. The Morgan fingerprint density at radius 3 is 1.11 bits per heavy atom. The molecule has 0 heterocycles. The highest BCUT2D eigenvalue weighted by molar-refractivity contribution is 5.69. The Bertz CT molecular complexity index is 297. The zero-order valence-electron chi connectivity index (χ0n) is 19.4. The fourth-order valence-corrected chi connectivity index (χ4v) is 2.55. The third-order valence-electron chi connectivity index (χ3n) is 4.49. The van der Waals surface area contributed by atoms with E-state index in [0.717, 1.165) is 51.4 Å². The van der Waals surface area contributed by atoms with Gasteiger partial charge in [-0.25, -0.2) is 0 Å². The van der Waals surface area contributed by atoms with E-state index in [2.05, 4.69) is 27.7 Å².